The van der Waals surface area contributed by atoms with Gasteiger partial charge in [-0.05, 0) is 59.9 Å². The van der Waals surface area contributed by atoms with Crippen LogP contribution < -0.4 is 14.8 Å². The zero-order valence-electron chi connectivity index (χ0n) is 14.5. The highest BCUT2D eigenvalue weighted by Gasteiger charge is 2.21. The van der Waals surface area contributed by atoms with Crippen molar-refractivity contribution in [3.05, 3.63) is 29.1 Å². The van der Waals surface area contributed by atoms with E-state index in [-0.39, 0.29) is 6.79 Å². The molecule has 1 aromatic carbocycles. The minimum absolute atomic E-state index is 0.263. The number of ether oxygens (including phenoxy) is 2. The van der Waals surface area contributed by atoms with Gasteiger partial charge in [-0.2, -0.15) is 0 Å². The van der Waals surface area contributed by atoms with E-state index in [9.17, 15) is 0 Å². The topological polar surface area (TPSA) is 74.1 Å². The molecule has 7 nitrogen and oxygen atoms in total. The number of aryl methyl sites for hydroxylation is 1. The van der Waals surface area contributed by atoms with Gasteiger partial charge in [0, 0.05) is 15.9 Å². The molecule has 0 spiro atoms. The molecule has 1 saturated heterocycles. The Morgan fingerprint density at radius 1 is 1.30 bits per heavy atom. The molecule has 0 saturated carbocycles. The van der Waals surface area contributed by atoms with Crippen LogP contribution in [0.4, 0.5) is 0 Å². The van der Waals surface area contributed by atoms with Crippen molar-refractivity contribution in [2.24, 2.45) is 5.92 Å². The Labute approximate surface area is 169 Å². The number of nitrogens with one attached hydrogen (secondary N) is 1. The van der Waals surface area contributed by atoms with Crippen molar-refractivity contribution in [1.29, 1.82) is 0 Å². The predicted octanol–water partition coefficient (Wildman–Crippen LogP) is 3.47. The molecule has 1 N–H and O–H groups in total. The van der Waals surface area contributed by atoms with E-state index in [4.69, 9.17) is 14.5 Å². The lowest BCUT2D eigenvalue weighted by Crippen LogP contribution is -2.11. The van der Waals surface area contributed by atoms with Crippen molar-refractivity contribution in [2.45, 2.75) is 29.4 Å². The number of benzene rings is 1. The van der Waals surface area contributed by atoms with E-state index in [0.717, 1.165) is 63.2 Å². The largest absolute Gasteiger partial charge is 0.454 e. The summed E-state index contributed by atoms with van der Waals surface area (Å²) in [6.07, 6.45) is 5.70. The van der Waals surface area contributed by atoms with Crippen LogP contribution in [-0.2, 0) is 6.54 Å². The smallest absolute Gasteiger partial charge is 0.231 e. The monoisotopic (exact) mass is 447 g/mol. The molecule has 1 fully saturated rings. The number of rotatable bonds is 5. The zero-order chi connectivity index (χ0) is 18.2. The molecule has 2 aromatic heterocycles. The van der Waals surface area contributed by atoms with Gasteiger partial charge < -0.3 is 19.4 Å². The Balaban J connectivity index is 1.48. The summed E-state index contributed by atoms with van der Waals surface area (Å²) in [5, 5.41) is 4.35. The molecular weight excluding hydrogens is 430 g/mol. The number of hydrogen-bond donors (Lipinski definition) is 1. The first-order valence-corrected chi connectivity index (χ1v) is 10.5. The van der Waals surface area contributed by atoms with Crippen molar-refractivity contribution < 1.29 is 9.47 Å². The van der Waals surface area contributed by atoms with Gasteiger partial charge in [0.05, 0.1) is 6.20 Å². The lowest BCUT2D eigenvalue weighted by Gasteiger charge is -2.12. The average Bonchev–Trinajstić information content (AvgIpc) is 3.40. The summed E-state index contributed by atoms with van der Waals surface area (Å²) in [5.74, 6) is 2.24. The maximum atomic E-state index is 5.52. The van der Waals surface area contributed by atoms with E-state index >= 15 is 0 Å². The van der Waals surface area contributed by atoms with Crippen LogP contribution in [0.1, 0.15) is 12.8 Å². The van der Waals surface area contributed by atoms with Gasteiger partial charge in [-0.3, -0.25) is 0 Å². The summed E-state index contributed by atoms with van der Waals surface area (Å²) in [7, 11) is 0. The number of imidazole rings is 1. The molecule has 1 atom stereocenters. The summed E-state index contributed by atoms with van der Waals surface area (Å²) in [5.41, 5.74) is 1.71. The van der Waals surface area contributed by atoms with E-state index < -0.39 is 0 Å². The van der Waals surface area contributed by atoms with E-state index in [1.165, 1.54) is 6.42 Å². The Morgan fingerprint density at radius 3 is 3.04 bits per heavy atom. The number of fused-ring (bicyclic) bond motifs is 2. The second-order valence-electron chi connectivity index (χ2n) is 6.66. The van der Waals surface area contributed by atoms with Crippen LogP contribution in [0.15, 0.2) is 39.2 Å². The van der Waals surface area contributed by atoms with Crippen molar-refractivity contribution in [1.82, 2.24) is 24.8 Å². The fraction of sp³-hybridized carbons (Fsp3) is 0.389. The molecule has 27 heavy (non-hydrogen) atoms. The third-order valence-corrected chi connectivity index (χ3v) is 6.90. The summed E-state index contributed by atoms with van der Waals surface area (Å²) in [4.78, 5) is 14.4. The van der Waals surface area contributed by atoms with Crippen LogP contribution in [0.25, 0.3) is 11.2 Å². The number of hydrogen-bond acceptors (Lipinski definition) is 7. The van der Waals surface area contributed by atoms with Crippen LogP contribution in [0, 0.1) is 5.92 Å². The minimum Gasteiger partial charge on any atom is -0.454 e. The molecule has 9 heteroatoms. The molecule has 0 unspecified atom stereocenters. The molecule has 0 bridgehead atoms. The van der Waals surface area contributed by atoms with Crippen molar-refractivity contribution >= 4 is 38.9 Å². The van der Waals surface area contributed by atoms with E-state index in [2.05, 4.69) is 35.8 Å². The van der Waals surface area contributed by atoms with Crippen molar-refractivity contribution in [3.8, 4) is 11.5 Å². The number of halogens is 1. The Hall–Kier alpha value is -1.84. The normalized spacial score (nSPS) is 18.5. The molecule has 3 aromatic rings. The standard InChI is InChI=1S/C18H18BrN5O2S/c19-12-5-14-15(26-10-25-14)6-16(12)27-18-23-13-8-21-9-22-17(13)24(18)4-2-11-1-3-20-7-11/h5-6,8-9,11,20H,1-4,7,10H2/t11-/m1/s1. The first kappa shape index (κ1) is 17.3. The molecule has 0 radical (unpaired) electrons. The SMILES string of the molecule is Brc1cc2c(cc1Sc1nc3cncnc3n1CC[C@H]1CCNC1)OCO2. The highest BCUT2D eigenvalue weighted by Crippen LogP contribution is 2.43. The molecular formula is C18H18BrN5O2S. The summed E-state index contributed by atoms with van der Waals surface area (Å²) in [6, 6.07) is 3.94. The van der Waals surface area contributed by atoms with E-state index in [1.54, 1.807) is 24.3 Å². The maximum absolute atomic E-state index is 5.52. The van der Waals surface area contributed by atoms with Gasteiger partial charge in [-0.25, -0.2) is 15.0 Å². The van der Waals surface area contributed by atoms with Gasteiger partial charge in [-0.1, -0.05) is 11.8 Å². The lowest BCUT2D eigenvalue weighted by molar-refractivity contribution is 0.174. The van der Waals surface area contributed by atoms with Gasteiger partial charge in [0.1, 0.15) is 11.8 Å². The van der Waals surface area contributed by atoms with Crippen molar-refractivity contribution in [3.63, 3.8) is 0 Å². The molecule has 5 rings (SSSR count). The second-order valence-corrected chi connectivity index (χ2v) is 8.53. The lowest BCUT2D eigenvalue weighted by atomic mass is 10.1. The van der Waals surface area contributed by atoms with Crippen LogP contribution >= 0.6 is 27.7 Å². The van der Waals surface area contributed by atoms with Gasteiger partial charge in [-0.15, -0.1) is 0 Å². The molecule has 0 amide bonds. The summed E-state index contributed by atoms with van der Waals surface area (Å²) in [6.45, 7) is 3.37. The fourth-order valence-electron chi connectivity index (χ4n) is 3.48. The van der Waals surface area contributed by atoms with Crippen molar-refractivity contribution in [2.75, 3.05) is 19.9 Å². The van der Waals surface area contributed by atoms with Crippen LogP contribution in [0.2, 0.25) is 0 Å². The molecule has 4 heterocycles. The predicted molar refractivity (Wildman–Crippen MR) is 105 cm³/mol. The third-order valence-electron chi connectivity index (χ3n) is 4.93. The van der Waals surface area contributed by atoms with Gasteiger partial charge in [0.2, 0.25) is 6.79 Å². The zero-order valence-corrected chi connectivity index (χ0v) is 16.9. The second kappa shape index (κ2) is 7.29. The van der Waals surface area contributed by atoms with Crippen LogP contribution in [0.3, 0.4) is 0 Å². The first-order chi connectivity index (χ1) is 13.3. The summed E-state index contributed by atoms with van der Waals surface area (Å²) < 4.78 is 14.1. The number of aromatic nitrogens is 4. The van der Waals surface area contributed by atoms with E-state index in [1.807, 2.05) is 12.1 Å². The van der Waals surface area contributed by atoms with Crippen LogP contribution in [-0.4, -0.2) is 39.4 Å². The third kappa shape index (κ3) is 3.39. The molecule has 2 aliphatic heterocycles. The van der Waals surface area contributed by atoms with Gasteiger partial charge >= 0.3 is 0 Å². The Bertz CT molecular complexity index is 989. The van der Waals surface area contributed by atoms with Gasteiger partial charge in [0.15, 0.2) is 22.3 Å². The quantitative estimate of drug-likeness (QED) is 0.641. The minimum atomic E-state index is 0.263. The van der Waals surface area contributed by atoms with Crippen LogP contribution in [0.5, 0.6) is 11.5 Å². The molecule has 2 aliphatic rings. The molecule has 140 valence electrons. The van der Waals surface area contributed by atoms with Gasteiger partial charge in [0.25, 0.3) is 0 Å². The Morgan fingerprint density at radius 2 is 2.19 bits per heavy atom. The average molecular weight is 448 g/mol. The number of nitrogens with zero attached hydrogens (tertiary/aromatic N) is 4. The Kier molecular flexibility index (Phi) is 4.66. The summed E-state index contributed by atoms with van der Waals surface area (Å²) >= 11 is 5.24. The van der Waals surface area contributed by atoms with E-state index in [0.29, 0.717) is 5.92 Å². The first-order valence-electron chi connectivity index (χ1n) is 8.92. The highest BCUT2D eigenvalue weighted by molar-refractivity contribution is 9.10. The highest BCUT2D eigenvalue weighted by atomic mass is 79.9. The maximum Gasteiger partial charge on any atom is 0.231 e. The fourth-order valence-corrected chi connectivity index (χ4v) is 5.00. The molecule has 0 aliphatic carbocycles.